The molecule has 3 rings (SSSR count). The van der Waals surface area contributed by atoms with Gasteiger partial charge in [-0.3, -0.25) is 10.1 Å². The molecule has 1 amide bonds. The first-order valence-electron chi connectivity index (χ1n) is 9.31. The number of sulfonamides is 1. The molecule has 0 saturated carbocycles. The molecule has 2 atom stereocenters. The van der Waals surface area contributed by atoms with Gasteiger partial charge in [-0.15, -0.1) is 11.8 Å². The van der Waals surface area contributed by atoms with E-state index in [1.807, 2.05) is 22.9 Å². The number of hydrogen-bond acceptors (Lipinski definition) is 7. The minimum absolute atomic E-state index is 0.0260. The number of carbonyl (C=O) groups is 1. The molecule has 3 N–H and O–H groups in total. The van der Waals surface area contributed by atoms with Gasteiger partial charge in [-0.2, -0.15) is 0 Å². The minimum atomic E-state index is -4.13. The highest BCUT2D eigenvalue weighted by Gasteiger charge is 2.45. The molecule has 0 aromatic heterocycles. The third-order valence-electron chi connectivity index (χ3n) is 4.91. The second-order valence-electron chi connectivity index (χ2n) is 7.09. The van der Waals surface area contributed by atoms with Crippen LogP contribution in [0.15, 0.2) is 53.4 Å². The van der Waals surface area contributed by atoms with Crippen LogP contribution in [0.25, 0.3) is 0 Å². The van der Waals surface area contributed by atoms with Crippen LogP contribution in [-0.2, 0) is 27.0 Å². The molecule has 0 aliphatic carbocycles. The van der Waals surface area contributed by atoms with Crippen LogP contribution in [0.1, 0.15) is 18.1 Å². The lowest BCUT2D eigenvalue weighted by molar-refractivity contribution is -0.117. The smallest absolute Gasteiger partial charge is 0.265 e. The molecule has 1 aliphatic heterocycles. The molecule has 1 heterocycles. The zero-order valence-corrected chi connectivity index (χ0v) is 19.0. The van der Waals surface area contributed by atoms with Crippen LogP contribution < -0.4 is 10.0 Å². The Labute approximate surface area is 185 Å². The number of halogens is 1. The zero-order valence-electron chi connectivity index (χ0n) is 16.6. The first kappa shape index (κ1) is 23.1. The van der Waals surface area contributed by atoms with Crippen molar-refractivity contribution in [1.82, 2.24) is 14.9 Å². The summed E-state index contributed by atoms with van der Waals surface area (Å²) in [5, 5.41) is 14.7. The summed E-state index contributed by atoms with van der Waals surface area (Å²) >= 11 is 7.59. The summed E-state index contributed by atoms with van der Waals surface area (Å²) < 4.78 is 26.8. The monoisotopic (exact) mass is 469 g/mol. The quantitative estimate of drug-likeness (QED) is 0.571. The first-order valence-corrected chi connectivity index (χ1v) is 12.2. The van der Waals surface area contributed by atoms with E-state index in [4.69, 9.17) is 11.6 Å². The molecule has 1 aliphatic rings. The molecule has 7 nitrogen and oxygen atoms in total. The molecule has 0 radical (unpaired) electrons. The van der Waals surface area contributed by atoms with E-state index in [0.717, 1.165) is 19.9 Å². The van der Waals surface area contributed by atoms with Crippen molar-refractivity contribution in [3.63, 3.8) is 0 Å². The number of hydrogen-bond donors (Lipinski definition) is 3. The molecule has 0 spiro atoms. The minimum Gasteiger partial charge on any atom is -0.370 e. The average Bonchev–Trinajstić information content (AvgIpc) is 2.97. The van der Waals surface area contributed by atoms with Crippen molar-refractivity contribution in [3.8, 4) is 0 Å². The van der Waals surface area contributed by atoms with Crippen molar-refractivity contribution in [2.24, 2.45) is 0 Å². The summed E-state index contributed by atoms with van der Waals surface area (Å²) in [6.07, 6.45) is 0.851. The molecule has 30 heavy (non-hydrogen) atoms. The van der Waals surface area contributed by atoms with E-state index < -0.39 is 21.7 Å². The molecule has 1 saturated heterocycles. The van der Waals surface area contributed by atoms with Crippen molar-refractivity contribution in [1.29, 1.82) is 0 Å². The number of amides is 1. The number of carbonyl (C=O) groups excluding carboxylic acids is 1. The number of benzene rings is 2. The molecule has 1 fully saturated rings. The molecular weight excluding hydrogens is 446 g/mol. The first-order chi connectivity index (χ1) is 14.1. The van der Waals surface area contributed by atoms with Gasteiger partial charge in [-0.1, -0.05) is 48.0 Å². The highest BCUT2D eigenvalue weighted by Crippen LogP contribution is 2.41. The molecular formula is C20H24ClN3O4S2. The van der Waals surface area contributed by atoms with Crippen molar-refractivity contribution in [3.05, 3.63) is 64.7 Å². The summed E-state index contributed by atoms with van der Waals surface area (Å²) in [6, 6.07) is 14.4. The average molecular weight is 470 g/mol. The van der Waals surface area contributed by atoms with Gasteiger partial charge in [-0.05, 0) is 31.2 Å². The van der Waals surface area contributed by atoms with E-state index in [9.17, 15) is 18.3 Å². The van der Waals surface area contributed by atoms with E-state index >= 15 is 0 Å². The van der Waals surface area contributed by atoms with Crippen LogP contribution in [0.4, 0.5) is 0 Å². The fraction of sp³-hybridized carbons (Fsp3) is 0.350. The molecule has 0 bridgehead atoms. The standard InChI is InChI=1S/C20H24ClN3O4S2/c1-14(25)23-30(27,28)18-12-16(8-9-17(18)21)20(26)13-29-19(24(20)2)22-11-10-15-6-4-3-5-7-15/h3-9,12,19,22,26H,10-11,13H2,1-2H3,(H,23,25). The molecule has 10 heteroatoms. The maximum atomic E-state index is 12.4. The van der Waals surface area contributed by atoms with Crippen LogP contribution in [-0.4, -0.2) is 49.2 Å². The van der Waals surface area contributed by atoms with Crippen LogP contribution >= 0.6 is 23.4 Å². The SMILES string of the molecule is CC(=O)NS(=O)(=O)c1cc(C2(O)CSC(NCCc3ccccc3)N2C)ccc1Cl. The van der Waals surface area contributed by atoms with Gasteiger partial charge in [0.15, 0.2) is 5.72 Å². The van der Waals surface area contributed by atoms with Crippen molar-refractivity contribution in [2.45, 2.75) is 29.5 Å². The normalized spacial score (nSPS) is 22.2. The van der Waals surface area contributed by atoms with Gasteiger partial charge in [0.1, 0.15) is 10.4 Å². The van der Waals surface area contributed by atoms with Gasteiger partial charge in [0.2, 0.25) is 5.91 Å². The summed E-state index contributed by atoms with van der Waals surface area (Å²) in [5.41, 5.74) is 0.0691. The van der Waals surface area contributed by atoms with Crippen molar-refractivity contribution >= 4 is 39.3 Å². The highest BCUT2D eigenvalue weighted by atomic mass is 35.5. The number of rotatable bonds is 7. The Morgan fingerprint density at radius 2 is 2.00 bits per heavy atom. The molecule has 2 unspecified atom stereocenters. The molecule has 162 valence electrons. The Bertz CT molecular complexity index is 1020. The van der Waals surface area contributed by atoms with E-state index in [1.54, 1.807) is 18.0 Å². The van der Waals surface area contributed by atoms with Gasteiger partial charge in [-0.25, -0.2) is 18.0 Å². The van der Waals surface area contributed by atoms with Crippen LogP contribution in [0.5, 0.6) is 0 Å². The summed E-state index contributed by atoms with van der Waals surface area (Å²) in [6.45, 7) is 1.83. The van der Waals surface area contributed by atoms with E-state index in [2.05, 4.69) is 17.4 Å². The van der Waals surface area contributed by atoms with E-state index in [1.165, 1.54) is 29.5 Å². The summed E-state index contributed by atoms with van der Waals surface area (Å²) in [7, 11) is -2.35. The Morgan fingerprint density at radius 1 is 1.30 bits per heavy atom. The Balaban J connectivity index is 1.75. The molecule has 2 aromatic rings. The van der Waals surface area contributed by atoms with Crippen molar-refractivity contribution in [2.75, 3.05) is 19.3 Å². The van der Waals surface area contributed by atoms with E-state index in [-0.39, 0.29) is 15.4 Å². The third-order valence-corrected chi connectivity index (χ3v) is 8.20. The van der Waals surface area contributed by atoms with Gasteiger partial charge >= 0.3 is 0 Å². The number of aliphatic hydroxyl groups is 1. The van der Waals surface area contributed by atoms with Gasteiger partial charge in [0, 0.05) is 24.8 Å². The number of nitrogens with one attached hydrogen (secondary N) is 2. The lowest BCUT2D eigenvalue weighted by Gasteiger charge is -2.33. The van der Waals surface area contributed by atoms with Gasteiger partial charge in [0.05, 0.1) is 5.02 Å². The zero-order chi connectivity index (χ0) is 21.9. The third kappa shape index (κ3) is 4.99. The van der Waals surface area contributed by atoms with Crippen LogP contribution in [0.3, 0.4) is 0 Å². The second kappa shape index (κ2) is 9.25. The fourth-order valence-electron chi connectivity index (χ4n) is 3.27. The fourth-order valence-corrected chi connectivity index (χ4v) is 6.18. The van der Waals surface area contributed by atoms with E-state index in [0.29, 0.717) is 11.3 Å². The lowest BCUT2D eigenvalue weighted by Crippen LogP contribution is -2.48. The number of nitrogens with zero attached hydrogens (tertiary/aromatic N) is 1. The lowest BCUT2D eigenvalue weighted by atomic mass is 10.0. The van der Waals surface area contributed by atoms with Crippen LogP contribution in [0.2, 0.25) is 5.02 Å². The summed E-state index contributed by atoms with van der Waals surface area (Å²) in [5.74, 6) is -0.375. The Morgan fingerprint density at radius 3 is 2.67 bits per heavy atom. The van der Waals surface area contributed by atoms with Gasteiger partial charge in [0.25, 0.3) is 10.0 Å². The summed E-state index contributed by atoms with van der Waals surface area (Å²) in [4.78, 5) is 12.8. The maximum Gasteiger partial charge on any atom is 0.265 e. The highest BCUT2D eigenvalue weighted by molar-refractivity contribution is 8.00. The number of thioether (sulfide) groups is 1. The topological polar surface area (TPSA) is 98.7 Å². The van der Waals surface area contributed by atoms with Crippen molar-refractivity contribution < 1.29 is 18.3 Å². The Kier molecular flexibility index (Phi) is 7.11. The molecule has 2 aromatic carbocycles. The largest absolute Gasteiger partial charge is 0.370 e. The van der Waals surface area contributed by atoms with Gasteiger partial charge < -0.3 is 5.11 Å². The second-order valence-corrected chi connectivity index (χ2v) is 10.2. The maximum absolute atomic E-state index is 12.4. The predicted molar refractivity (Wildman–Crippen MR) is 119 cm³/mol. The predicted octanol–water partition coefficient (Wildman–Crippen LogP) is 2.10. The Hall–Kier alpha value is -1.62. The van der Waals surface area contributed by atoms with Crippen LogP contribution in [0, 0.1) is 0 Å².